The molecule has 0 aliphatic carbocycles. The zero-order valence-electron chi connectivity index (χ0n) is 8.34. The van der Waals surface area contributed by atoms with Gasteiger partial charge in [0.15, 0.2) is 0 Å². The maximum atomic E-state index is 13.4. The van der Waals surface area contributed by atoms with Gasteiger partial charge in [-0.05, 0) is 6.42 Å². The minimum Gasteiger partial charge on any atom is -0.497 e. The molecule has 1 aromatic rings. The predicted octanol–water partition coefficient (Wildman–Crippen LogP) is 1.36. The third-order valence-corrected chi connectivity index (χ3v) is 2.10. The fourth-order valence-electron chi connectivity index (χ4n) is 1.32. The van der Waals surface area contributed by atoms with Crippen LogP contribution in [0.2, 0.25) is 0 Å². The Morgan fingerprint density at radius 3 is 2.33 bits per heavy atom. The number of methoxy groups -OCH3 is 1. The van der Waals surface area contributed by atoms with E-state index in [1.54, 1.807) is 0 Å². The van der Waals surface area contributed by atoms with Gasteiger partial charge >= 0.3 is 0 Å². The normalized spacial score (nSPS) is 12.6. The van der Waals surface area contributed by atoms with E-state index >= 15 is 0 Å². The van der Waals surface area contributed by atoms with Crippen LogP contribution in [-0.2, 0) is 0 Å². The molecule has 0 fully saturated rings. The van der Waals surface area contributed by atoms with E-state index in [0.29, 0.717) is 0 Å². The van der Waals surface area contributed by atoms with Crippen molar-refractivity contribution in [2.45, 2.75) is 12.5 Å². The number of rotatable bonds is 4. The Morgan fingerprint density at radius 1 is 1.40 bits per heavy atom. The lowest BCUT2D eigenvalue weighted by Crippen LogP contribution is -2.15. The lowest BCUT2D eigenvalue weighted by atomic mass is 10.0. The van der Waals surface area contributed by atoms with Crippen LogP contribution in [-0.4, -0.2) is 18.8 Å². The number of ether oxygens (including phenoxy) is 1. The Kier molecular flexibility index (Phi) is 3.99. The van der Waals surface area contributed by atoms with Gasteiger partial charge in [0.2, 0.25) is 0 Å². The molecule has 0 amide bonds. The number of hydrogen-bond donors (Lipinski definition) is 2. The molecular weight excluding hydrogens is 204 g/mol. The summed E-state index contributed by atoms with van der Waals surface area (Å²) >= 11 is 0. The summed E-state index contributed by atoms with van der Waals surface area (Å²) in [5.41, 5.74) is 5.30. The van der Waals surface area contributed by atoms with Crippen LogP contribution in [0.25, 0.3) is 0 Å². The van der Waals surface area contributed by atoms with Crippen LogP contribution in [0.15, 0.2) is 12.1 Å². The molecule has 0 aromatic heterocycles. The fourth-order valence-corrected chi connectivity index (χ4v) is 1.32. The first kappa shape index (κ1) is 11.9. The van der Waals surface area contributed by atoms with Crippen molar-refractivity contribution in [3.05, 3.63) is 29.3 Å². The van der Waals surface area contributed by atoms with Crippen LogP contribution in [0.1, 0.15) is 18.0 Å². The summed E-state index contributed by atoms with van der Waals surface area (Å²) in [4.78, 5) is 0. The molecule has 0 spiro atoms. The van der Waals surface area contributed by atoms with E-state index in [1.807, 2.05) is 0 Å². The van der Waals surface area contributed by atoms with Crippen molar-refractivity contribution in [1.29, 1.82) is 0 Å². The SMILES string of the molecule is COc1cc(F)c(C(N)CCO)c(F)c1. The summed E-state index contributed by atoms with van der Waals surface area (Å²) in [7, 11) is 1.32. The molecule has 0 bridgehead atoms. The third kappa shape index (κ3) is 2.64. The lowest BCUT2D eigenvalue weighted by Gasteiger charge is -2.13. The fraction of sp³-hybridized carbons (Fsp3) is 0.400. The summed E-state index contributed by atoms with van der Waals surface area (Å²) < 4.78 is 31.5. The molecule has 1 atom stereocenters. The van der Waals surface area contributed by atoms with Crippen molar-refractivity contribution in [3.63, 3.8) is 0 Å². The first-order valence-electron chi connectivity index (χ1n) is 4.49. The van der Waals surface area contributed by atoms with Crippen molar-refractivity contribution in [2.75, 3.05) is 13.7 Å². The number of aliphatic hydroxyl groups is 1. The van der Waals surface area contributed by atoms with Gasteiger partial charge in [0.25, 0.3) is 0 Å². The molecule has 3 N–H and O–H groups in total. The van der Waals surface area contributed by atoms with Crippen molar-refractivity contribution in [2.24, 2.45) is 5.73 Å². The Bertz CT molecular complexity index is 321. The topological polar surface area (TPSA) is 55.5 Å². The van der Waals surface area contributed by atoms with Crippen molar-refractivity contribution in [3.8, 4) is 5.75 Å². The van der Waals surface area contributed by atoms with Gasteiger partial charge in [-0.1, -0.05) is 0 Å². The molecule has 15 heavy (non-hydrogen) atoms. The van der Waals surface area contributed by atoms with Crippen LogP contribution < -0.4 is 10.5 Å². The molecule has 1 rings (SSSR count). The molecule has 5 heteroatoms. The molecule has 1 unspecified atom stereocenters. The number of benzene rings is 1. The molecule has 0 heterocycles. The zero-order chi connectivity index (χ0) is 11.4. The van der Waals surface area contributed by atoms with E-state index in [-0.39, 0.29) is 24.3 Å². The number of nitrogens with two attached hydrogens (primary N) is 1. The van der Waals surface area contributed by atoms with E-state index in [0.717, 1.165) is 12.1 Å². The van der Waals surface area contributed by atoms with E-state index in [1.165, 1.54) is 7.11 Å². The highest BCUT2D eigenvalue weighted by Crippen LogP contribution is 2.25. The highest BCUT2D eigenvalue weighted by molar-refractivity contribution is 5.32. The molecular formula is C10H13F2NO2. The quantitative estimate of drug-likeness (QED) is 0.800. The monoisotopic (exact) mass is 217 g/mol. The van der Waals surface area contributed by atoms with Gasteiger partial charge < -0.3 is 15.6 Å². The second-order valence-corrected chi connectivity index (χ2v) is 3.12. The van der Waals surface area contributed by atoms with Crippen LogP contribution in [0, 0.1) is 11.6 Å². The van der Waals surface area contributed by atoms with Crippen molar-refractivity contribution < 1.29 is 18.6 Å². The van der Waals surface area contributed by atoms with E-state index in [2.05, 4.69) is 0 Å². The molecule has 0 aliphatic heterocycles. The van der Waals surface area contributed by atoms with Crippen LogP contribution in [0.5, 0.6) is 5.75 Å². The van der Waals surface area contributed by atoms with Crippen molar-refractivity contribution in [1.82, 2.24) is 0 Å². The molecule has 84 valence electrons. The lowest BCUT2D eigenvalue weighted by molar-refractivity contribution is 0.274. The smallest absolute Gasteiger partial charge is 0.134 e. The standard InChI is InChI=1S/C10H13F2NO2/c1-15-6-4-7(11)10(8(12)5-6)9(13)2-3-14/h4-5,9,14H,2-3,13H2,1H3. The summed E-state index contributed by atoms with van der Waals surface area (Å²) in [6.45, 7) is -0.216. The Hall–Kier alpha value is -1.20. The number of hydrogen-bond acceptors (Lipinski definition) is 3. The van der Waals surface area contributed by atoms with Gasteiger partial charge in [-0.15, -0.1) is 0 Å². The van der Waals surface area contributed by atoms with Gasteiger partial charge in [-0.25, -0.2) is 8.78 Å². The first-order valence-corrected chi connectivity index (χ1v) is 4.49. The average molecular weight is 217 g/mol. The van der Waals surface area contributed by atoms with Crippen LogP contribution >= 0.6 is 0 Å². The highest BCUT2D eigenvalue weighted by atomic mass is 19.1. The third-order valence-electron chi connectivity index (χ3n) is 2.10. The Morgan fingerprint density at radius 2 is 1.93 bits per heavy atom. The molecule has 3 nitrogen and oxygen atoms in total. The van der Waals surface area contributed by atoms with Gasteiger partial charge in [0, 0.05) is 30.3 Å². The van der Waals surface area contributed by atoms with Gasteiger partial charge in [0.1, 0.15) is 17.4 Å². The van der Waals surface area contributed by atoms with Gasteiger partial charge in [-0.3, -0.25) is 0 Å². The minimum atomic E-state index is -0.846. The summed E-state index contributed by atoms with van der Waals surface area (Å²) in [5.74, 6) is -1.41. The first-order chi connectivity index (χ1) is 7.10. The maximum absolute atomic E-state index is 13.4. The number of halogens is 2. The van der Waals surface area contributed by atoms with Gasteiger partial charge in [0.05, 0.1) is 7.11 Å². The summed E-state index contributed by atoms with van der Waals surface area (Å²) in [6.07, 6.45) is 0.111. The molecule has 0 aliphatic rings. The average Bonchev–Trinajstić information content (AvgIpc) is 2.16. The van der Waals surface area contributed by atoms with E-state index in [9.17, 15) is 8.78 Å². The Balaban J connectivity index is 3.07. The van der Waals surface area contributed by atoms with Gasteiger partial charge in [-0.2, -0.15) is 0 Å². The largest absolute Gasteiger partial charge is 0.497 e. The van der Waals surface area contributed by atoms with E-state index < -0.39 is 17.7 Å². The molecule has 0 radical (unpaired) electrons. The minimum absolute atomic E-state index is 0.102. The zero-order valence-corrected chi connectivity index (χ0v) is 8.34. The maximum Gasteiger partial charge on any atom is 0.134 e. The summed E-state index contributed by atoms with van der Waals surface area (Å²) in [6, 6.07) is 1.28. The second kappa shape index (κ2) is 5.04. The second-order valence-electron chi connectivity index (χ2n) is 3.12. The predicted molar refractivity (Wildman–Crippen MR) is 51.5 cm³/mol. The highest BCUT2D eigenvalue weighted by Gasteiger charge is 2.17. The van der Waals surface area contributed by atoms with E-state index in [4.69, 9.17) is 15.6 Å². The molecule has 1 aromatic carbocycles. The number of aliphatic hydroxyl groups excluding tert-OH is 1. The van der Waals surface area contributed by atoms with Crippen LogP contribution in [0.3, 0.4) is 0 Å². The van der Waals surface area contributed by atoms with Crippen molar-refractivity contribution >= 4 is 0 Å². The van der Waals surface area contributed by atoms with Crippen LogP contribution in [0.4, 0.5) is 8.78 Å². The Labute approximate surface area is 86.5 Å². The molecule has 0 saturated heterocycles. The molecule has 0 saturated carbocycles. The summed E-state index contributed by atoms with van der Waals surface area (Å²) in [5, 5.41) is 8.63.